The van der Waals surface area contributed by atoms with Crippen LogP contribution in [0.5, 0.6) is 0 Å². The number of carbonyl (C=O) groups is 1. The van der Waals surface area contributed by atoms with Gasteiger partial charge in [-0.1, -0.05) is 27.3 Å². The summed E-state index contributed by atoms with van der Waals surface area (Å²) in [7, 11) is -0.318. The summed E-state index contributed by atoms with van der Waals surface area (Å²) in [5.41, 5.74) is 1.31. The van der Waals surface area contributed by atoms with E-state index in [-0.39, 0.29) is 10.9 Å². The number of rotatable bonds is 7. The second-order valence-corrected chi connectivity index (χ2v) is 11.3. The second-order valence-electron chi connectivity index (χ2n) is 7.33. The first kappa shape index (κ1) is 22.3. The number of benzene rings is 2. The lowest BCUT2D eigenvalue weighted by Gasteiger charge is -2.16. The average molecular weight is 524 g/mol. The summed E-state index contributed by atoms with van der Waals surface area (Å²) in [4.78, 5) is 17.9. The Morgan fingerprint density at radius 1 is 1.26 bits per heavy atom. The molecule has 0 unspecified atom stereocenters. The van der Waals surface area contributed by atoms with Gasteiger partial charge in [0.2, 0.25) is 10.0 Å². The number of methoxy groups -OCH3 is 1. The van der Waals surface area contributed by atoms with Gasteiger partial charge in [0.25, 0.3) is 5.91 Å². The van der Waals surface area contributed by atoms with E-state index in [4.69, 9.17) is 4.74 Å². The molecule has 3 aromatic rings. The van der Waals surface area contributed by atoms with Crippen molar-refractivity contribution in [3.8, 4) is 0 Å². The van der Waals surface area contributed by atoms with Crippen LogP contribution in [0.4, 0.5) is 0 Å². The molecule has 1 aromatic heterocycles. The highest BCUT2D eigenvalue weighted by Crippen LogP contribution is 2.30. The molecule has 31 heavy (non-hydrogen) atoms. The number of halogens is 1. The summed E-state index contributed by atoms with van der Waals surface area (Å²) >= 11 is 4.89. The number of thiazole rings is 1. The molecule has 0 atom stereocenters. The molecule has 1 amide bonds. The van der Waals surface area contributed by atoms with E-state index in [1.807, 2.05) is 22.8 Å². The fourth-order valence-electron chi connectivity index (χ4n) is 3.25. The van der Waals surface area contributed by atoms with Gasteiger partial charge in [-0.2, -0.15) is 9.30 Å². The molecule has 2 aromatic carbocycles. The number of carbonyl (C=O) groups excluding carboxylic acids is 1. The minimum absolute atomic E-state index is 0.0804. The first-order chi connectivity index (χ1) is 14.8. The van der Waals surface area contributed by atoms with Crippen LogP contribution in [0.1, 0.15) is 23.2 Å². The summed E-state index contributed by atoms with van der Waals surface area (Å²) in [6.45, 7) is 1.05. The minimum Gasteiger partial charge on any atom is -0.383 e. The van der Waals surface area contributed by atoms with E-state index in [9.17, 15) is 13.2 Å². The summed E-state index contributed by atoms with van der Waals surface area (Å²) in [6.07, 6.45) is 1.78. The molecule has 1 fully saturated rings. The number of aromatic nitrogens is 1. The van der Waals surface area contributed by atoms with Crippen LogP contribution in [-0.2, 0) is 21.3 Å². The Labute approximate surface area is 193 Å². The highest BCUT2D eigenvalue weighted by molar-refractivity contribution is 9.10. The van der Waals surface area contributed by atoms with Gasteiger partial charge in [-0.05, 0) is 55.3 Å². The molecule has 164 valence electrons. The molecule has 0 bridgehead atoms. The van der Waals surface area contributed by atoms with Crippen molar-refractivity contribution >= 4 is 53.4 Å². The number of sulfonamides is 1. The highest BCUT2D eigenvalue weighted by Gasteiger charge is 2.35. The van der Waals surface area contributed by atoms with Crippen molar-refractivity contribution in [1.29, 1.82) is 0 Å². The van der Waals surface area contributed by atoms with Crippen molar-refractivity contribution in [3.05, 3.63) is 57.3 Å². The van der Waals surface area contributed by atoms with Gasteiger partial charge in [0.1, 0.15) is 0 Å². The Kier molecular flexibility index (Phi) is 6.45. The van der Waals surface area contributed by atoms with E-state index in [1.165, 1.54) is 39.9 Å². The number of amides is 1. The van der Waals surface area contributed by atoms with Crippen LogP contribution in [0.15, 0.2) is 56.8 Å². The molecule has 1 aliphatic rings. The normalized spacial score (nSPS) is 15.2. The molecule has 0 N–H and O–H groups in total. The van der Waals surface area contributed by atoms with Gasteiger partial charge in [0, 0.05) is 36.8 Å². The summed E-state index contributed by atoms with van der Waals surface area (Å²) in [5, 5.41) is 0. The molecule has 0 radical (unpaired) electrons. The number of hydrogen-bond donors (Lipinski definition) is 0. The van der Waals surface area contributed by atoms with Crippen LogP contribution < -0.4 is 4.80 Å². The molecule has 4 rings (SSSR count). The first-order valence-corrected chi connectivity index (χ1v) is 12.8. The number of ether oxygens (including phenoxy) is 1. The Morgan fingerprint density at radius 2 is 1.97 bits per heavy atom. The third kappa shape index (κ3) is 4.68. The molecule has 0 spiro atoms. The molecule has 10 heteroatoms. The molecule has 1 heterocycles. The molecule has 7 nitrogen and oxygen atoms in total. The van der Waals surface area contributed by atoms with E-state index in [1.54, 1.807) is 14.2 Å². The summed E-state index contributed by atoms with van der Waals surface area (Å²) in [6, 6.07) is 12.0. The van der Waals surface area contributed by atoms with Crippen molar-refractivity contribution in [3.63, 3.8) is 0 Å². The van der Waals surface area contributed by atoms with E-state index < -0.39 is 15.9 Å². The molecular weight excluding hydrogens is 502 g/mol. The minimum atomic E-state index is -3.54. The zero-order valence-corrected chi connectivity index (χ0v) is 20.3. The maximum absolute atomic E-state index is 12.8. The van der Waals surface area contributed by atoms with Crippen molar-refractivity contribution in [2.75, 3.05) is 20.8 Å². The second kappa shape index (κ2) is 8.95. The van der Waals surface area contributed by atoms with Crippen LogP contribution in [-0.4, -0.2) is 50.0 Å². The van der Waals surface area contributed by atoms with Crippen LogP contribution in [0.2, 0.25) is 0 Å². The van der Waals surface area contributed by atoms with Crippen LogP contribution in [0.3, 0.4) is 0 Å². The van der Waals surface area contributed by atoms with E-state index >= 15 is 0 Å². The topological polar surface area (TPSA) is 81.0 Å². The Hall–Kier alpha value is -1.85. The van der Waals surface area contributed by atoms with Crippen molar-refractivity contribution in [2.24, 2.45) is 4.99 Å². The lowest BCUT2D eigenvalue weighted by Crippen LogP contribution is -2.28. The van der Waals surface area contributed by atoms with E-state index in [0.717, 1.165) is 27.5 Å². The maximum atomic E-state index is 12.8. The van der Waals surface area contributed by atoms with Crippen molar-refractivity contribution in [1.82, 2.24) is 8.87 Å². The lowest BCUT2D eigenvalue weighted by atomic mass is 10.2. The van der Waals surface area contributed by atoms with Crippen molar-refractivity contribution in [2.45, 2.75) is 30.3 Å². The Bertz CT molecular complexity index is 1290. The first-order valence-electron chi connectivity index (χ1n) is 9.76. The standard InChI is InChI=1S/C21H22BrN3O4S2/c1-24(16-6-7-16)31(27,28)17-8-3-14(4-9-17)20(26)23-21-25(11-12-29-2)18-10-5-15(22)13-19(18)30-21/h3-5,8-10,13,16H,6-7,11-12H2,1-2H3. The monoisotopic (exact) mass is 523 g/mol. The van der Waals surface area contributed by atoms with Crippen LogP contribution >= 0.6 is 27.3 Å². The number of fused-ring (bicyclic) bond motifs is 1. The van der Waals surface area contributed by atoms with Crippen LogP contribution in [0.25, 0.3) is 10.2 Å². The van der Waals surface area contributed by atoms with E-state index in [0.29, 0.717) is 23.5 Å². The predicted octanol–water partition coefficient (Wildman–Crippen LogP) is 3.64. The summed E-state index contributed by atoms with van der Waals surface area (Å²) in [5.74, 6) is -0.420. The number of hydrogen-bond acceptors (Lipinski definition) is 5. The largest absolute Gasteiger partial charge is 0.383 e. The third-order valence-corrected chi connectivity index (χ3v) is 8.66. The Morgan fingerprint density at radius 3 is 2.61 bits per heavy atom. The molecule has 0 aliphatic heterocycles. The lowest BCUT2D eigenvalue weighted by molar-refractivity contribution is 0.0997. The molecule has 1 saturated carbocycles. The van der Waals surface area contributed by atoms with Crippen molar-refractivity contribution < 1.29 is 17.9 Å². The highest BCUT2D eigenvalue weighted by atomic mass is 79.9. The van der Waals surface area contributed by atoms with Gasteiger partial charge < -0.3 is 9.30 Å². The Balaban J connectivity index is 1.66. The van der Waals surface area contributed by atoms with Gasteiger partial charge in [-0.15, -0.1) is 0 Å². The summed E-state index contributed by atoms with van der Waals surface area (Å²) < 4.78 is 35.8. The fraction of sp³-hybridized carbons (Fsp3) is 0.333. The average Bonchev–Trinajstić information content (AvgIpc) is 3.54. The zero-order chi connectivity index (χ0) is 22.2. The smallest absolute Gasteiger partial charge is 0.279 e. The SMILES string of the molecule is COCCn1c(=NC(=O)c2ccc(S(=O)(=O)N(C)C3CC3)cc2)sc2cc(Br)ccc21. The van der Waals surface area contributed by atoms with Gasteiger partial charge in [-0.3, -0.25) is 4.79 Å². The zero-order valence-electron chi connectivity index (χ0n) is 17.1. The molecule has 1 aliphatic carbocycles. The quantitative estimate of drug-likeness (QED) is 0.473. The van der Waals surface area contributed by atoms with Crippen LogP contribution in [0, 0.1) is 0 Å². The van der Waals surface area contributed by atoms with Gasteiger partial charge in [-0.25, -0.2) is 8.42 Å². The molecular formula is C21H22BrN3O4S2. The van der Waals surface area contributed by atoms with Gasteiger partial charge in [0.15, 0.2) is 4.80 Å². The maximum Gasteiger partial charge on any atom is 0.279 e. The number of nitrogens with zero attached hydrogens (tertiary/aromatic N) is 3. The van der Waals surface area contributed by atoms with E-state index in [2.05, 4.69) is 20.9 Å². The fourth-order valence-corrected chi connectivity index (χ4v) is 6.27. The predicted molar refractivity (Wildman–Crippen MR) is 124 cm³/mol. The van der Waals surface area contributed by atoms with Gasteiger partial charge in [0.05, 0.1) is 21.7 Å². The third-order valence-electron chi connectivity index (χ3n) is 5.20. The molecule has 0 saturated heterocycles. The van der Waals surface area contributed by atoms with Gasteiger partial charge >= 0.3 is 0 Å².